The number of aromatic hydroxyl groups is 1. The largest absolute Gasteiger partial charge is 0.508 e. The molecule has 2 N–H and O–H groups in total. The van der Waals surface area contributed by atoms with Crippen LogP contribution in [-0.4, -0.2) is 48.3 Å². The van der Waals surface area contributed by atoms with Crippen LogP contribution in [0, 0.1) is 0 Å². The van der Waals surface area contributed by atoms with Crippen LogP contribution in [0.15, 0.2) is 29.1 Å². The van der Waals surface area contributed by atoms with Crippen molar-refractivity contribution in [3.63, 3.8) is 0 Å². The van der Waals surface area contributed by atoms with Crippen molar-refractivity contribution in [1.29, 1.82) is 0 Å². The van der Waals surface area contributed by atoms with E-state index in [-0.39, 0.29) is 35.9 Å². The lowest BCUT2D eigenvalue weighted by atomic mass is 9.85. The van der Waals surface area contributed by atoms with Gasteiger partial charge in [-0.05, 0) is 53.5 Å². The lowest BCUT2D eigenvalue weighted by molar-refractivity contribution is -0.188. The maximum atomic E-state index is 14.0. The van der Waals surface area contributed by atoms with Crippen LogP contribution in [0.4, 0.5) is 0 Å². The molecule has 4 heterocycles. The number of likely N-dealkylation sites (N-methyl/N-ethyl adjacent to an activating group) is 1. The molecule has 2 aliphatic rings. The quantitative estimate of drug-likeness (QED) is 0.288. The minimum Gasteiger partial charge on any atom is -0.508 e. The molecule has 1 aromatic carbocycles. The second-order valence-electron chi connectivity index (χ2n) is 12.0. The molecule has 39 heavy (non-hydrogen) atoms. The molecule has 0 spiro atoms. The normalized spacial score (nSPS) is 18.4. The number of nitrogens with one attached hydrogen (secondary N) is 1. The lowest BCUT2D eigenvalue weighted by Crippen LogP contribution is -2.51. The van der Waals surface area contributed by atoms with Gasteiger partial charge in [0.05, 0.1) is 43.6 Å². The fourth-order valence-corrected chi connectivity index (χ4v) is 8.26. The maximum Gasteiger partial charge on any atom is 0.355 e. The zero-order valence-electron chi connectivity index (χ0n) is 23.5. The summed E-state index contributed by atoms with van der Waals surface area (Å²) in [4.78, 5) is 44.7. The second-order valence-corrected chi connectivity index (χ2v) is 17.2. The van der Waals surface area contributed by atoms with Gasteiger partial charge < -0.3 is 24.5 Å². The molecule has 0 fully saturated rings. The molecule has 0 unspecified atom stereocenters. The number of ether oxygens (including phenoxy) is 2. The van der Waals surface area contributed by atoms with E-state index in [2.05, 4.69) is 39.2 Å². The van der Waals surface area contributed by atoms with E-state index in [1.54, 1.807) is 42.8 Å². The van der Waals surface area contributed by atoms with Gasteiger partial charge in [0.15, 0.2) is 0 Å². The van der Waals surface area contributed by atoms with Crippen molar-refractivity contribution in [3.05, 3.63) is 51.3 Å². The van der Waals surface area contributed by atoms with E-state index in [0.29, 0.717) is 29.1 Å². The Morgan fingerprint density at radius 2 is 1.95 bits per heavy atom. The fourth-order valence-electron chi connectivity index (χ4n) is 5.69. The van der Waals surface area contributed by atoms with Gasteiger partial charge in [-0.3, -0.25) is 9.59 Å². The zero-order valence-corrected chi connectivity index (χ0v) is 24.5. The van der Waals surface area contributed by atoms with Gasteiger partial charge >= 0.3 is 11.9 Å². The van der Waals surface area contributed by atoms with Gasteiger partial charge in [-0.25, -0.2) is 9.78 Å². The smallest absolute Gasteiger partial charge is 0.355 e. The van der Waals surface area contributed by atoms with Gasteiger partial charge in [-0.2, -0.15) is 0 Å². The van der Waals surface area contributed by atoms with E-state index in [9.17, 15) is 19.5 Å². The third-order valence-electron chi connectivity index (χ3n) is 8.75. The van der Waals surface area contributed by atoms with Crippen molar-refractivity contribution in [3.8, 4) is 17.1 Å². The number of benzene rings is 1. The number of carbonyl (C=O) groups excluding carboxylic acids is 2. The monoisotopic (exact) mass is 549 g/mol. The van der Waals surface area contributed by atoms with Crippen LogP contribution in [0.5, 0.6) is 5.75 Å². The van der Waals surface area contributed by atoms with Crippen LogP contribution < -0.4 is 16.1 Å². The first-order valence-corrected chi connectivity index (χ1v) is 16.2. The highest BCUT2D eigenvalue weighted by Gasteiger charge is 2.51. The Bertz CT molecular complexity index is 1600. The Morgan fingerprint density at radius 3 is 2.59 bits per heavy atom. The molecule has 0 saturated carbocycles. The number of aromatic nitrogens is 2. The first-order valence-electron chi connectivity index (χ1n) is 13.2. The molecule has 0 aliphatic carbocycles. The zero-order chi connectivity index (χ0) is 28.5. The number of hydrogen-bond acceptors (Lipinski definition) is 8. The third kappa shape index (κ3) is 3.91. The topological polar surface area (TPSA) is 120 Å². The van der Waals surface area contributed by atoms with Crippen LogP contribution in [0.25, 0.3) is 22.3 Å². The Balaban J connectivity index is 1.82. The number of fused-ring (bicyclic) bond motifs is 5. The van der Waals surface area contributed by atoms with Crippen molar-refractivity contribution in [1.82, 2.24) is 14.9 Å². The summed E-state index contributed by atoms with van der Waals surface area (Å²) < 4.78 is 12.9. The number of nitrogens with zero attached hydrogens (tertiary/aromatic N) is 2. The number of rotatable bonds is 5. The molecule has 0 saturated heterocycles. The summed E-state index contributed by atoms with van der Waals surface area (Å²) in [5.74, 6) is -1.14. The molecule has 2 aromatic heterocycles. The summed E-state index contributed by atoms with van der Waals surface area (Å²) in [6, 6.07) is 6.97. The molecule has 9 nitrogen and oxygen atoms in total. The van der Waals surface area contributed by atoms with Gasteiger partial charge in [0.25, 0.3) is 5.56 Å². The van der Waals surface area contributed by atoms with Crippen molar-refractivity contribution >= 4 is 36.1 Å². The van der Waals surface area contributed by atoms with E-state index < -0.39 is 25.6 Å². The number of hydrogen-bond donors (Lipinski definition) is 2. The number of cyclic esters (lactones) is 1. The Labute approximate surface area is 228 Å². The summed E-state index contributed by atoms with van der Waals surface area (Å²) in [7, 11) is -0.602. The molecule has 206 valence electrons. The number of carbonyl (C=O) groups is 2. The number of phenols is 1. The van der Waals surface area contributed by atoms with Crippen LogP contribution in [0.1, 0.15) is 50.8 Å². The highest BCUT2D eigenvalue weighted by molar-refractivity contribution is 6.94. The summed E-state index contributed by atoms with van der Waals surface area (Å²) in [6.45, 7) is 13.1. The van der Waals surface area contributed by atoms with Gasteiger partial charge in [0, 0.05) is 10.9 Å². The molecule has 0 amide bonds. The van der Waals surface area contributed by atoms with Crippen molar-refractivity contribution < 1.29 is 24.2 Å². The average Bonchev–Trinajstić information content (AvgIpc) is 3.22. The summed E-state index contributed by atoms with van der Waals surface area (Å²) in [5, 5.41) is 15.2. The Kier molecular flexibility index (Phi) is 6.26. The highest BCUT2D eigenvalue weighted by atomic mass is 28.3. The SMILES string of the molecule is CC[C@@]1(OC(=O)CNC)C(=O)OCc2c1cc1n(c2=O)Cc2c-1nc1ccc(O)cc1c2[Si](C)(C)C(C)(C)C. The molecule has 1 atom stereocenters. The van der Waals surface area contributed by atoms with Gasteiger partial charge in [-0.1, -0.05) is 40.8 Å². The van der Waals surface area contributed by atoms with E-state index in [1.807, 2.05) is 0 Å². The van der Waals surface area contributed by atoms with Crippen LogP contribution in [0.2, 0.25) is 18.1 Å². The molecule has 3 aromatic rings. The number of pyridine rings is 2. The second kappa shape index (κ2) is 9.02. The predicted octanol–water partition coefficient (Wildman–Crippen LogP) is 3.27. The van der Waals surface area contributed by atoms with Gasteiger partial charge in [0.1, 0.15) is 12.4 Å². The van der Waals surface area contributed by atoms with E-state index >= 15 is 0 Å². The van der Waals surface area contributed by atoms with Crippen molar-refractivity contribution in [2.24, 2.45) is 0 Å². The van der Waals surface area contributed by atoms with Gasteiger partial charge in [-0.15, -0.1) is 0 Å². The lowest BCUT2D eigenvalue weighted by Gasteiger charge is -2.39. The molecule has 0 bridgehead atoms. The Morgan fingerprint density at radius 1 is 1.23 bits per heavy atom. The van der Waals surface area contributed by atoms with E-state index in [1.165, 1.54) is 0 Å². The number of phenolic OH excluding ortho intramolecular Hbond substituents is 1. The van der Waals surface area contributed by atoms with Gasteiger partial charge in [0.2, 0.25) is 5.60 Å². The maximum absolute atomic E-state index is 14.0. The number of esters is 2. The first-order chi connectivity index (χ1) is 18.3. The average molecular weight is 550 g/mol. The fraction of sp³-hybridized carbons (Fsp3) is 0.448. The highest BCUT2D eigenvalue weighted by Crippen LogP contribution is 2.43. The molecule has 5 rings (SSSR count). The van der Waals surface area contributed by atoms with Crippen LogP contribution >= 0.6 is 0 Å². The molecule has 10 heteroatoms. The molecular formula is C29H35N3O6Si. The third-order valence-corrected chi connectivity index (χ3v) is 14.3. The molecular weight excluding hydrogens is 514 g/mol. The summed E-state index contributed by atoms with van der Waals surface area (Å²) in [6.07, 6.45) is 0.115. The standard InChI is InChI=1S/C29H35N3O6Si/c1-8-29(38-23(34)13-30-5)20-12-22-24-18(14-32(22)26(35)19(20)15-37-27(29)36)25(39(6,7)28(2,3)4)17-11-16(33)9-10-21(17)31-24/h9-12,30,33H,8,13-15H2,1-7H3/t29-/m0/s1. The van der Waals surface area contributed by atoms with E-state index in [4.69, 9.17) is 14.5 Å². The van der Waals surface area contributed by atoms with Crippen molar-refractivity contribution in [2.75, 3.05) is 13.6 Å². The molecule has 2 aliphatic heterocycles. The minimum absolute atomic E-state index is 0.0291. The minimum atomic E-state index is -2.21. The first kappa shape index (κ1) is 27.1. The Hall–Kier alpha value is -3.50. The van der Waals surface area contributed by atoms with Crippen molar-refractivity contribution in [2.45, 2.75) is 71.0 Å². The predicted molar refractivity (Wildman–Crippen MR) is 151 cm³/mol. The van der Waals surface area contributed by atoms with E-state index in [0.717, 1.165) is 21.7 Å². The van der Waals surface area contributed by atoms with Crippen LogP contribution in [-0.2, 0) is 37.8 Å². The molecule has 0 radical (unpaired) electrons. The summed E-state index contributed by atoms with van der Waals surface area (Å²) >= 11 is 0. The summed E-state index contributed by atoms with van der Waals surface area (Å²) in [5.41, 5.74) is 1.61. The van der Waals surface area contributed by atoms with Crippen LogP contribution in [0.3, 0.4) is 0 Å².